The van der Waals surface area contributed by atoms with E-state index in [0.717, 1.165) is 10.8 Å². The number of fused-ring (bicyclic) bond motifs is 1. The Hall–Kier alpha value is -2.52. The fourth-order valence-electron chi connectivity index (χ4n) is 1.59. The molecule has 2 rings (SSSR count). The summed E-state index contributed by atoms with van der Waals surface area (Å²) in [4.78, 5) is 14.1. The lowest BCUT2D eigenvalue weighted by Gasteiger charge is -2.02. The number of nitrogens with zero attached hydrogens (tertiary/aromatic N) is 3. The Morgan fingerprint density at radius 2 is 1.94 bits per heavy atom. The molecule has 0 heterocycles. The van der Waals surface area contributed by atoms with Crippen molar-refractivity contribution >= 4 is 22.4 Å². The Morgan fingerprint density at radius 1 is 1.24 bits per heavy atom. The fourth-order valence-corrected chi connectivity index (χ4v) is 1.59. The molecule has 2 aromatic rings. The van der Waals surface area contributed by atoms with Gasteiger partial charge in [0.05, 0.1) is 12.7 Å². The van der Waals surface area contributed by atoms with Crippen molar-refractivity contribution in [2.24, 2.45) is 5.11 Å². The predicted molar refractivity (Wildman–Crippen MR) is 64.1 cm³/mol. The van der Waals surface area contributed by atoms with Crippen molar-refractivity contribution in [3.63, 3.8) is 0 Å². The van der Waals surface area contributed by atoms with Gasteiger partial charge in [-0.2, -0.15) is 0 Å². The Bertz CT molecular complexity index is 631. The van der Waals surface area contributed by atoms with Crippen LogP contribution in [0, 0.1) is 0 Å². The van der Waals surface area contributed by atoms with Gasteiger partial charge in [-0.1, -0.05) is 23.3 Å². The molecule has 0 radical (unpaired) electrons. The van der Waals surface area contributed by atoms with E-state index in [4.69, 9.17) is 5.53 Å². The maximum atomic E-state index is 11.3. The van der Waals surface area contributed by atoms with Crippen molar-refractivity contribution in [3.8, 4) is 0 Å². The number of methoxy groups -OCH3 is 1. The van der Waals surface area contributed by atoms with Crippen LogP contribution in [0.4, 0.5) is 5.69 Å². The van der Waals surface area contributed by atoms with Crippen LogP contribution in [0.25, 0.3) is 21.2 Å². The third-order valence-electron chi connectivity index (χ3n) is 2.41. The third kappa shape index (κ3) is 2.19. The van der Waals surface area contributed by atoms with Crippen LogP contribution < -0.4 is 0 Å². The Kier molecular flexibility index (Phi) is 2.94. The first-order chi connectivity index (χ1) is 8.24. The monoisotopic (exact) mass is 227 g/mol. The van der Waals surface area contributed by atoms with Crippen LogP contribution in [0.3, 0.4) is 0 Å². The first kappa shape index (κ1) is 11.0. The van der Waals surface area contributed by atoms with Gasteiger partial charge in [0.1, 0.15) is 0 Å². The van der Waals surface area contributed by atoms with Crippen LogP contribution in [0.2, 0.25) is 0 Å². The quantitative estimate of drug-likeness (QED) is 0.340. The zero-order chi connectivity index (χ0) is 12.3. The van der Waals surface area contributed by atoms with Crippen LogP contribution in [0.1, 0.15) is 10.4 Å². The van der Waals surface area contributed by atoms with Crippen LogP contribution in [0.15, 0.2) is 41.5 Å². The molecular weight excluding hydrogens is 218 g/mol. The molecule has 5 heteroatoms. The van der Waals surface area contributed by atoms with Crippen LogP contribution >= 0.6 is 0 Å². The smallest absolute Gasteiger partial charge is 0.337 e. The molecule has 0 atom stereocenters. The molecule has 0 saturated heterocycles. The van der Waals surface area contributed by atoms with Gasteiger partial charge in [0.15, 0.2) is 0 Å². The highest BCUT2D eigenvalue weighted by Crippen LogP contribution is 2.22. The number of esters is 1. The van der Waals surface area contributed by atoms with E-state index in [9.17, 15) is 4.79 Å². The third-order valence-corrected chi connectivity index (χ3v) is 2.41. The summed E-state index contributed by atoms with van der Waals surface area (Å²) in [5.74, 6) is -0.369. The minimum atomic E-state index is -0.369. The number of ether oxygens (including phenoxy) is 1. The molecule has 0 amide bonds. The summed E-state index contributed by atoms with van der Waals surface area (Å²) in [6.07, 6.45) is 0. The number of hydrogen-bond acceptors (Lipinski definition) is 3. The van der Waals surface area contributed by atoms with E-state index in [2.05, 4.69) is 14.8 Å². The maximum absolute atomic E-state index is 11.3. The van der Waals surface area contributed by atoms with Gasteiger partial charge in [0.25, 0.3) is 0 Å². The van der Waals surface area contributed by atoms with Crippen molar-refractivity contribution in [1.29, 1.82) is 0 Å². The van der Waals surface area contributed by atoms with Gasteiger partial charge in [-0.15, -0.1) is 0 Å². The largest absolute Gasteiger partial charge is 0.465 e. The Morgan fingerprint density at radius 3 is 2.65 bits per heavy atom. The first-order valence-corrected chi connectivity index (χ1v) is 4.92. The fraction of sp³-hybridized carbons (Fsp3) is 0.0833. The van der Waals surface area contributed by atoms with Gasteiger partial charge in [0.2, 0.25) is 0 Å². The number of benzene rings is 2. The van der Waals surface area contributed by atoms with Crippen molar-refractivity contribution < 1.29 is 9.53 Å². The zero-order valence-corrected chi connectivity index (χ0v) is 9.12. The molecule has 0 bridgehead atoms. The average Bonchev–Trinajstić information content (AvgIpc) is 2.37. The minimum absolute atomic E-state index is 0.369. The average molecular weight is 227 g/mol. The predicted octanol–water partition coefficient (Wildman–Crippen LogP) is 3.57. The molecule has 0 saturated carbocycles. The molecule has 0 spiro atoms. The molecule has 0 N–H and O–H groups in total. The second-order valence-corrected chi connectivity index (χ2v) is 3.43. The van der Waals surface area contributed by atoms with Gasteiger partial charge in [-0.3, -0.25) is 0 Å². The molecule has 17 heavy (non-hydrogen) atoms. The SMILES string of the molecule is COC(=O)c1ccc2cc(N=[N+]=[N-])ccc2c1. The molecular formula is C12H9N3O2. The van der Waals surface area contributed by atoms with E-state index in [1.54, 1.807) is 36.4 Å². The molecule has 0 unspecified atom stereocenters. The van der Waals surface area contributed by atoms with Crippen molar-refractivity contribution in [2.45, 2.75) is 0 Å². The number of azide groups is 1. The summed E-state index contributed by atoms with van der Waals surface area (Å²) in [6.45, 7) is 0. The van der Waals surface area contributed by atoms with Gasteiger partial charge < -0.3 is 4.74 Å². The van der Waals surface area contributed by atoms with E-state index >= 15 is 0 Å². The summed E-state index contributed by atoms with van der Waals surface area (Å²) in [7, 11) is 1.34. The zero-order valence-electron chi connectivity index (χ0n) is 9.12. The minimum Gasteiger partial charge on any atom is -0.465 e. The molecule has 5 nitrogen and oxygen atoms in total. The van der Waals surface area contributed by atoms with Crippen LogP contribution in [-0.2, 0) is 4.74 Å². The van der Waals surface area contributed by atoms with E-state index in [1.807, 2.05) is 0 Å². The summed E-state index contributed by atoms with van der Waals surface area (Å²) in [6, 6.07) is 10.5. The highest BCUT2D eigenvalue weighted by atomic mass is 16.5. The molecule has 0 aliphatic rings. The number of hydrogen-bond donors (Lipinski definition) is 0. The lowest BCUT2D eigenvalue weighted by atomic mass is 10.1. The number of carbonyl (C=O) groups excluding carboxylic acids is 1. The van der Waals surface area contributed by atoms with Crippen LogP contribution in [-0.4, -0.2) is 13.1 Å². The first-order valence-electron chi connectivity index (χ1n) is 4.92. The number of carbonyl (C=O) groups is 1. The Labute approximate surface area is 97.3 Å². The molecule has 0 aliphatic heterocycles. The number of rotatable bonds is 2. The highest BCUT2D eigenvalue weighted by Gasteiger charge is 2.05. The summed E-state index contributed by atoms with van der Waals surface area (Å²) < 4.78 is 4.64. The second-order valence-electron chi connectivity index (χ2n) is 3.43. The summed E-state index contributed by atoms with van der Waals surface area (Å²) in [5, 5.41) is 5.32. The molecule has 2 aromatic carbocycles. The summed E-state index contributed by atoms with van der Waals surface area (Å²) in [5.41, 5.74) is 9.38. The molecule has 0 aromatic heterocycles. The molecule has 0 fully saturated rings. The van der Waals surface area contributed by atoms with Crippen molar-refractivity contribution in [2.75, 3.05) is 7.11 Å². The van der Waals surface area contributed by atoms with Gasteiger partial charge in [0, 0.05) is 10.6 Å². The second kappa shape index (κ2) is 4.55. The molecule has 0 aliphatic carbocycles. The lowest BCUT2D eigenvalue weighted by molar-refractivity contribution is 0.0601. The van der Waals surface area contributed by atoms with E-state index in [-0.39, 0.29) is 5.97 Å². The van der Waals surface area contributed by atoms with Crippen molar-refractivity contribution in [1.82, 2.24) is 0 Å². The normalized spacial score (nSPS) is 9.71. The van der Waals surface area contributed by atoms with Gasteiger partial charge in [-0.25, -0.2) is 4.79 Å². The highest BCUT2D eigenvalue weighted by molar-refractivity contribution is 5.96. The van der Waals surface area contributed by atoms with Gasteiger partial charge in [-0.05, 0) is 34.5 Å². The maximum Gasteiger partial charge on any atom is 0.337 e. The topological polar surface area (TPSA) is 75.1 Å². The van der Waals surface area contributed by atoms with Crippen LogP contribution in [0.5, 0.6) is 0 Å². The standard InChI is InChI=1S/C12H9N3O2/c1-17-12(16)10-3-2-9-7-11(14-15-13)5-4-8(9)6-10/h2-7H,1H3. The van der Waals surface area contributed by atoms with E-state index in [0.29, 0.717) is 11.3 Å². The lowest BCUT2D eigenvalue weighted by Crippen LogP contribution is -2.00. The Balaban J connectivity index is 2.53. The molecule has 84 valence electrons. The van der Waals surface area contributed by atoms with Crippen molar-refractivity contribution in [3.05, 3.63) is 52.4 Å². The van der Waals surface area contributed by atoms with E-state index < -0.39 is 0 Å². The van der Waals surface area contributed by atoms with E-state index in [1.165, 1.54) is 7.11 Å². The van der Waals surface area contributed by atoms with Gasteiger partial charge >= 0.3 is 5.97 Å². The summed E-state index contributed by atoms with van der Waals surface area (Å²) >= 11 is 0.